The normalized spacial score (nSPS) is 12.2. The van der Waals surface area contributed by atoms with Crippen LogP contribution in [-0.2, 0) is 6.42 Å². The molecule has 0 fully saturated rings. The number of nitrogens with two attached hydrogens (primary N) is 1. The van der Waals surface area contributed by atoms with Crippen LogP contribution in [0.25, 0.3) is 0 Å². The Kier molecular flexibility index (Phi) is 4.60. The van der Waals surface area contributed by atoms with Crippen LogP contribution in [-0.4, -0.2) is 17.3 Å². The molecule has 5 nitrogen and oxygen atoms in total. The number of hydrogen-bond acceptors (Lipinski definition) is 5. The fourth-order valence-electron chi connectivity index (χ4n) is 1.95. The van der Waals surface area contributed by atoms with Gasteiger partial charge in [-0.25, -0.2) is 4.39 Å². The van der Waals surface area contributed by atoms with Crippen molar-refractivity contribution in [2.45, 2.75) is 19.4 Å². The zero-order chi connectivity index (χ0) is 14.5. The summed E-state index contributed by atoms with van der Waals surface area (Å²) < 4.78 is 18.3. The van der Waals surface area contributed by atoms with Gasteiger partial charge in [-0.2, -0.15) is 5.10 Å². The first kappa shape index (κ1) is 14.4. The molecule has 0 aliphatic carbocycles. The molecule has 6 heteroatoms. The average Bonchev–Trinajstić information content (AvgIpc) is 2.48. The van der Waals surface area contributed by atoms with Crippen LogP contribution in [0.5, 0.6) is 5.88 Å². The summed E-state index contributed by atoms with van der Waals surface area (Å²) in [6.07, 6.45) is 0.529. The summed E-state index contributed by atoms with van der Waals surface area (Å²) in [5.74, 6) is 5.74. The summed E-state index contributed by atoms with van der Waals surface area (Å²) in [4.78, 5) is 0. The molecule has 1 heterocycles. The van der Waals surface area contributed by atoms with Crippen molar-refractivity contribution < 1.29 is 9.13 Å². The molecule has 3 N–H and O–H groups in total. The Morgan fingerprint density at radius 1 is 1.30 bits per heavy atom. The molecule has 0 spiro atoms. The summed E-state index contributed by atoms with van der Waals surface area (Å²) in [5.41, 5.74) is 5.25. The van der Waals surface area contributed by atoms with Gasteiger partial charge in [-0.1, -0.05) is 6.07 Å². The minimum atomic E-state index is -0.262. The topological polar surface area (TPSA) is 73.1 Å². The molecule has 2 rings (SSSR count). The van der Waals surface area contributed by atoms with Crippen molar-refractivity contribution in [2.75, 3.05) is 7.11 Å². The van der Waals surface area contributed by atoms with Gasteiger partial charge in [0.1, 0.15) is 5.82 Å². The molecule has 106 valence electrons. The van der Waals surface area contributed by atoms with Gasteiger partial charge in [-0.3, -0.25) is 11.3 Å². The molecular formula is C14H17FN4O. The highest BCUT2D eigenvalue weighted by Crippen LogP contribution is 2.20. The van der Waals surface area contributed by atoms with E-state index in [0.29, 0.717) is 18.0 Å². The first-order valence-corrected chi connectivity index (χ1v) is 6.23. The first-order chi connectivity index (χ1) is 9.63. The summed E-state index contributed by atoms with van der Waals surface area (Å²) in [6.45, 7) is 1.93. The maximum Gasteiger partial charge on any atom is 0.233 e. The second-order valence-electron chi connectivity index (χ2n) is 4.49. The Hall–Kier alpha value is -2.05. The molecule has 0 saturated heterocycles. The Balaban J connectivity index is 2.21. The van der Waals surface area contributed by atoms with Crippen LogP contribution < -0.4 is 16.0 Å². The van der Waals surface area contributed by atoms with Gasteiger partial charge in [-0.15, -0.1) is 5.10 Å². The Morgan fingerprint density at radius 2 is 2.10 bits per heavy atom. The number of benzene rings is 1. The third-order valence-corrected chi connectivity index (χ3v) is 3.16. The summed E-state index contributed by atoms with van der Waals surface area (Å²) >= 11 is 0. The first-order valence-electron chi connectivity index (χ1n) is 6.23. The van der Waals surface area contributed by atoms with Crippen molar-refractivity contribution >= 4 is 0 Å². The number of nitrogens with one attached hydrogen (secondary N) is 1. The predicted octanol–water partition coefficient (Wildman–Crippen LogP) is 1.68. The highest BCUT2D eigenvalue weighted by Gasteiger charge is 2.14. The number of hydrogen-bond donors (Lipinski definition) is 2. The Morgan fingerprint density at radius 3 is 2.70 bits per heavy atom. The van der Waals surface area contributed by atoms with Crippen molar-refractivity contribution in [3.8, 4) is 5.88 Å². The van der Waals surface area contributed by atoms with Crippen LogP contribution in [0.3, 0.4) is 0 Å². The van der Waals surface area contributed by atoms with Crippen molar-refractivity contribution in [1.29, 1.82) is 0 Å². The van der Waals surface area contributed by atoms with E-state index in [0.717, 1.165) is 11.1 Å². The summed E-state index contributed by atoms with van der Waals surface area (Å²) in [7, 11) is 1.53. The maximum absolute atomic E-state index is 13.3. The van der Waals surface area contributed by atoms with Crippen LogP contribution in [0.1, 0.15) is 22.9 Å². The van der Waals surface area contributed by atoms with Gasteiger partial charge in [0, 0.05) is 6.07 Å². The van der Waals surface area contributed by atoms with Crippen molar-refractivity contribution in [2.24, 2.45) is 5.84 Å². The minimum Gasteiger partial charge on any atom is -0.480 e. The molecule has 0 amide bonds. The van der Waals surface area contributed by atoms with E-state index in [1.165, 1.54) is 19.2 Å². The molecule has 1 atom stereocenters. The van der Waals surface area contributed by atoms with Crippen molar-refractivity contribution in [3.63, 3.8) is 0 Å². The standard InChI is InChI=1S/C14H17FN4O/c1-9-3-4-11(15)7-10(9)8-13(17-16)12-5-6-14(20-2)19-18-12/h3-7,13,17H,8,16H2,1-2H3. The van der Waals surface area contributed by atoms with E-state index >= 15 is 0 Å². The molecule has 0 saturated carbocycles. The number of aryl methyl sites for hydroxylation is 1. The van der Waals surface area contributed by atoms with Crippen molar-refractivity contribution in [3.05, 3.63) is 53.0 Å². The number of halogens is 1. The quantitative estimate of drug-likeness (QED) is 0.642. The van der Waals surface area contributed by atoms with Gasteiger partial charge >= 0.3 is 0 Å². The van der Waals surface area contributed by atoms with Gasteiger partial charge in [0.25, 0.3) is 0 Å². The van der Waals surface area contributed by atoms with Gasteiger partial charge < -0.3 is 4.74 Å². The van der Waals surface area contributed by atoms with Crippen LogP contribution in [0.4, 0.5) is 4.39 Å². The Bertz CT molecular complexity index is 574. The molecule has 20 heavy (non-hydrogen) atoms. The van der Waals surface area contributed by atoms with Crippen LogP contribution in [0.15, 0.2) is 30.3 Å². The lowest BCUT2D eigenvalue weighted by Crippen LogP contribution is -2.30. The Labute approximate surface area is 116 Å². The molecule has 0 bridgehead atoms. The molecular weight excluding hydrogens is 259 g/mol. The number of nitrogens with zero attached hydrogens (tertiary/aromatic N) is 2. The second-order valence-corrected chi connectivity index (χ2v) is 4.49. The van der Waals surface area contributed by atoms with Gasteiger partial charge in [0.15, 0.2) is 0 Å². The maximum atomic E-state index is 13.3. The highest BCUT2D eigenvalue weighted by molar-refractivity contribution is 5.28. The van der Waals surface area contributed by atoms with Crippen LogP contribution >= 0.6 is 0 Å². The minimum absolute atomic E-state index is 0.242. The summed E-state index contributed by atoms with van der Waals surface area (Å²) in [6, 6.07) is 7.95. The SMILES string of the molecule is COc1ccc(C(Cc2cc(F)ccc2C)NN)nn1. The van der Waals surface area contributed by atoms with Crippen molar-refractivity contribution in [1.82, 2.24) is 15.6 Å². The molecule has 1 aromatic carbocycles. The second kappa shape index (κ2) is 6.40. The van der Waals surface area contributed by atoms with E-state index in [1.54, 1.807) is 18.2 Å². The highest BCUT2D eigenvalue weighted by atomic mass is 19.1. The van der Waals surface area contributed by atoms with Gasteiger partial charge in [0.05, 0.1) is 18.8 Å². The largest absolute Gasteiger partial charge is 0.480 e. The van der Waals surface area contributed by atoms with Crippen LogP contribution in [0, 0.1) is 12.7 Å². The predicted molar refractivity (Wildman–Crippen MR) is 73.5 cm³/mol. The van der Waals surface area contributed by atoms with E-state index in [4.69, 9.17) is 10.6 Å². The summed E-state index contributed by atoms with van der Waals surface area (Å²) in [5, 5.41) is 7.96. The lowest BCUT2D eigenvalue weighted by Gasteiger charge is -2.16. The average molecular weight is 276 g/mol. The molecule has 1 unspecified atom stereocenters. The lowest BCUT2D eigenvalue weighted by atomic mass is 9.99. The number of aromatic nitrogens is 2. The zero-order valence-corrected chi connectivity index (χ0v) is 11.4. The fourth-order valence-corrected chi connectivity index (χ4v) is 1.95. The van der Waals surface area contributed by atoms with Crippen LogP contribution in [0.2, 0.25) is 0 Å². The smallest absolute Gasteiger partial charge is 0.233 e. The number of ether oxygens (including phenoxy) is 1. The van der Waals surface area contributed by atoms with E-state index in [1.807, 2.05) is 6.92 Å². The third-order valence-electron chi connectivity index (χ3n) is 3.16. The number of hydrazine groups is 1. The lowest BCUT2D eigenvalue weighted by molar-refractivity contribution is 0.389. The third kappa shape index (κ3) is 3.28. The number of rotatable bonds is 5. The zero-order valence-electron chi connectivity index (χ0n) is 11.4. The molecule has 2 aromatic rings. The fraction of sp³-hybridized carbons (Fsp3) is 0.286. The van der Waals surface area contributed by atoms with E-state index in [-0.39, 0.29) is 11.9 Å². The van der Waals surface area contributed by atoms with Gasteiger partial charge in [0.2, 0.25) is 5.88 Å². The van der Waals surface area contributed by atoms with E-state index in [9.17, 15) is 4.39 Å². The van der Waals surface area contributed by atoms with Gasteiger partial charge in [-0.05, 0) is 42.7 Å². The van der Waals surface area contributed by atoms with E-state index in [2.05, 4.69) is 15.6 Å². The molecule has 1 aromatic heterocycles. The monoisotopic (exact) mass is 276 g/mol. The molecule has 0 aliphatic heterocycles. The van der Waals surface area contributed by atoms with E-state index < -0.39 is 0 Å². The molecule has 0 aliphatic rings. The number of methoxy groups -OCH3 is 1. The molecule has 0 radical (unpaired) electrons.